The molecule has 4 unspecified atom stereocenters. The molecule has 0 fully saturated rings. The first kappa shape index (κ1) is 90.1. The highest BCUT2D eigenvalue weighted by Crippen LogP contribution is 2.45. The highest BCUT2D eigenvalue weighted by atomic mass is 31.2. The maximum absolute atomic E-state index is 13.0. The van der Waals surface area contributed by atoms with Gasteiger partial charge in [0.05, 0.1) is 26.4 Å². The lowest BCUT2D eigenvalue weighted by atomic mass is 9.99. The van der Waals surface area contributed by atoms with Crippen molar-refractivity contribution in [1.29, 1.82) is 0 Å². The Morgan fingerprint density at radius 1 is 0.304 bits per heavy atom. The fraction of sp³-hybridized carbons (Fsp3) is 0.945. The molecule has 19 heteroatoms. The molecule has 92 heavy (non-hydrogen) atoms. The average molecular weight is 1350 g/mol. The Labute approximate surface area is 562 Å². The third-order valence-electron chi connectivity index (χ3n) is 17.2. The largest absolute Gasteiger partial charge is 0.472 e. The molecule has 0 aromatic carbocycles. The first-order valence-corrected chi connectivity index (χ1v) is 40.7. The van der Waals surface area contributed by atoms with Gasteiger partial charge in [0.1, 0.15) is 19.3 Å². The van der Waals surface area contributed by atoms with Gasteiger partial charge in [0, 0.05) is 25.7 Å². The van der Waals surface area contributed by atoms with E-state index in [4.69, 9.17) is 37.0 Å². The minimum atomic E-state index is -4.95. The van der Waals surface area contributed by atoms with E-state index in [9.17, 15) is 43.2 Å². The summed E-state index contributed by atoms with van der Waals surface area (Å²) in [6.07, 6.45) is 46.0. The van der Waals surface area contributed by atoms with E-state index in [1.807, 2.05) is 0 Å². The van der Waals surface area contributed by atoms with Crippen LogP contribution in [0.4, 0.5) is 0 Å². The van der Waals surface area contributed by atoms with Gasteiger partial charge < -0.3 is 33.8 Å². The van der Waals surface area contributed by atoms with Crippen molar-refractivity contribution in [3.63, 3.8) is 0 Å². The summed E-state index contributed by atoms with van der Waals surface area (Å²) in [6.45, 7) is 14.1. The molecule has 0 aliphatic rings. The number of hydrogen-bond acceptors (Lipinski definition) is 15. The van der Waals surface area contributed by atoms with Crippen LogP contribution in [0.25, 0.3) is 0 Å². The van der Waals surface area contributed by atoms with Crippen LogP contribution in [-0.4, -0.2) is 96.7 Å². The Hall–Kier alpha value is -1.94. The second-order valence-electron chi connectivity index (χ2n) is 28.0. The Balaban J connectivity index is 5.20. The standard InChI is InChI=1S/C73H142O17P2/c1-9-66(8)52-44-36-28-20-16-12-10-11-13-17-21-29-37-45-53-70(75)83-59-69(90-73(78)56-48-40-32-24-27-35-43-51-65(6)7)62-88-92(81,82)86-58-67(74)57-85-91(79,80)87-61-68(60-84-71(76)54-46-38-31-23-26-34-42-50-64(4)5)89-72(77)55-47-39-30-22-18-14-15-19-25-33-41-49-63(2)3/h63-69,74H,9-62H2,1-8H3,(H,79,80)(H,81,82)/t66?,67?,68-,69-/m1/s1. The van der Waals surface area contributed by atoms with Crippen molar-refractivity contribution >= 4 is 39.5 Å². The second-order valence-corrected chi connectivity index (χ2v) is 30.9. The Morgan fingerprint density at radius 2 is 0.522 bits per heavy atom. The monoisotopic (exact) mass is 1350 g/mol. The fourth-order valence-electron chi connectivity index (χ4n) is 11.0. The molecule has 0 saturated heterocycles. The summed E-state index contributed by atoms with van der Waals surface area (Å²) >= 11 is 0. The Bertz CT molecular complexity index is 1820. The molecule has 3 N–H and O–H groups in total. The molecule has 0 aromatic heterocycles. The number of phosphoric ester groups is 2. The van der Waals surface area contributed by atoms with Crippen molar-refractivity contribution in [1.82, 2.24) is 0 Å². The van der Waals surface area contributed by atoms with Gasteiger partial charge in [-0.2, -0.15) is 0 Å². The number of hydrogen-bond donors (Lipinski definition) is 3. The summed E-state index contributed by atoms with van der Waals surface area (Å²) in [5.74, 6) is 0.888. The minimum Gasteiger partial charge on any atom is -0.462 e. The summed E-state index contributed by atoms with van der Waals surface area (Å²) in [5.41, 5.74) is 0. The number of carbonyl (C=O) groups is 4. The van der Waals surface area contributed by atoms with Crippen molar-refractivity contribution < 1.29 is 80.2 Å². The molecule has 0 radical (unpaired) electrons. The quantitative estimate of drug-likeness (QED) is 0.0222. The predicted octanol–water partition coefficient (Wildman–Crippen LogP) is 20.9. The number of esters is 4. The Morgan fingerprint density at radius 3 is 0.772 bits per heavy atom. The number of aliphatic hydroxyl groups excluding tert-OH is 1. The molecule has 0 aliphatic carbocycles. The van der Waals surface area contributed by atoms with Crippen LogP contribution in [0.15, 0.2) is 0 Å². The zero-order chi connectivity index (χ0) is 68.2. The van der Waals surface area contributed by atoms with E-state index in [1.54, 1.807) is 0 Å². The van der Waals surface area contributed by atoms with Gasteiger partial charge in [-0.25, -0.2) is 9.13 Å². The number of ether oxygens (including phenoxy) is 4. The smallest absolute Gasteiger partial charge is 0.462 e. The fourth-order valence-corrected chi connectivity index (χ4v) is 12.6. The van der Waals surface area contributed by atoms with Gasteiger partial charge in [0.25, 0.3) is 0 Å². The van der Waals surface area contributed by atoms with Gasteiger partial charge in [-0.05, 0) is 49.4 Å². The van der Waals surface area contributed by atoms with Crippen LogP contribution in [0.5, 0.6) is 0 Å². The third kappa shape index (κ3) is 65.4. The van der Waals surface area contributed by atoms with E-state index in [-0.39, 0.29) is 25.7 Å². The highest BCUT2D eigenvalue weighted by Gasteiger charge is 2.30. The van der Waals surface area contributed by atoms with Gasteiger partial charge in [-0.3, -0.25) is 37.3 Å². The summed E-state index contributed by atoms with van der Waals surface area (Å²) < 4.78 is 68.3. The molecule has 17 nitrogen and oxygen atoms in total. The molecular weight excluding hydrogens is 1210 g/mol. The third-order valence-corrected chi connectivity index (χ3v) is 19.1. The maximum Gasteiger partial charge on any atom is 0.472 e. The van der Waals surface area contributed by atoms with Crippen LogP contribution < -0.4 is 0 Å². The number of rotatable bonds is 70. The van der Waals surface area contributed by atoms with Crippen molar-refractivity contribution in [3.05, 3.63) is 0 Å². The molecule has 546 valence electrons. The molecule has 0 saturated carbocycles. The van der Waals surface area contributed by atoms with Crippen molar-refractivity contribution in [2.45, 2.75) is 382 Å². The van der Waals surface area contributed by atoms with E-state index < -0.39 is 97.5 Å². The average Bonchev–Trinajstić information content (AvgIpc) is 1.52. The van der Waals surface area contributed by atoms with Crippen LogP contribution in [0.3, 0.4) is 0 Å². The molecular formula is C73H142O17P2. The number of aliphatic hydroxyl groups is 1. The molecule has 0 amide bonds. The molecule has 0 aromatic rings. The molecule has 0 bridgehead atoms. The van der Waals surface area contributed by atoms with Crippen LogP contribution in [-0.2, 0) is 65.4 Å². The van der Waals surface area contributed by atoms with Crippen LogP contribution >= 0.6 is 15.6 Å². The summed E-state index contributed by atoms with van der Waals surface area (Å²) in [6, 6.07) is 0. The molecule has 0 spiro atoms. The van der Waals surface area contributed by atoms with Crippen molar-refractivity contribution in [2.24, 2.45) is 23.7 Å². The summed E-state index contributed by atoms with van der Waals surface area (Å²) in [5, 5.41) is 10.6. The zero-order valence-electron chi connectivity index (χ0n) is 60.2. The molecule has 0 aliphatic heterocycles. The maximum atomic E-state index is 13.0. The lowest BCUT2D eigenvalue weighted by Gasteiger charge is -2.21. The SMILES string of the molecule is CCC(C)CCCCCCCCCCCCCCCCC(=O)OC[C@H](COP(=O)(O)OCC(O)COP(=O)(O)OC[C@@H](COC(=O)CCCCCCCCCC(C)C)OC(=O)CCCCCCCCCCCCCC(C)C)OC(=O)CCCCCCCCCC(C)C. The first-order chi connectivity index (χ1) is 44.1. The van der Waals surface area contributed by atoms with Crippen LogP contribution in [0.1, 0.15) is 364 Å². The van der Waals surface area contributed by atoms with Crippen LogP contribution in [0, 0.1) is 23.7 Å². The van der Waals surface area contributed by atoms with Gasteiger partial charge in [-0.15, -0.1) is 0 Å². The van der Waals surface area contributed by atoms with Gasteiger partial charge in [0.15, 0.2) is 12.2 Å². The van der Waals surface area contributed by atoms with Crippen molar-refractivity contribution in [2.75, 3.05) is 39.6 Å². The number of carbonyl (C=O) groups excluding carboxylic acids is 4. The topological polar surface area (TPSA) is 237 Å². The lowest BCUT2D eigenvalue weighted by molar-refractivity contribution is -0.161. The van der Waals surface area contributed by atoms with Gasteiger partial charge >= 0.3 is 39.5 Å². The predicted molar refractivity (Wildman–Crippen MR) is 372 cm³/mol. The van der Waals surface area contributed by atoms with E-state index in [0.29, 0.717) is 37.5 Å². The zero-order valence-corrected chi connectivity index (χ0v) is 62.0. The summed E-state index contributed by atoms with van der Waals surface area (Å²) in [4.78, 5) is 72.6. The van der Waals surface area contributed by atoms with E-state index in [0.717, 1.165) is 108 Å². The second kappa shape index (κ2) is 62.6. The van der Waals surface area contributed by atoms with Crippen LogP contribution in [0.2, 0.25) is 0 Å². The van der Waals surface area contributed by atoms with E-state index >= 15 is 0 Å². The van der Waals surface area contributed by atoms with Gasteiger partial charge in [-0.1, -0.05) is 312 Å². The number of phosphoric acid groups is 2. The van der Waals surface area contributed by atoms with E-state index in [1.165, 1.54) is 161 Å². The lowest BCUT2D eigenvalue weighted by Crippen LogP contribution is -2.30. The highest BCUT2D eigenvalue weighted by molar-refractivity contribution is 7.47. The number of unbranched alkanes of at least 4 members (excludes halogenated alkanes) is 35. The van der Waals surface area contributed by atoms with Crippen molar-refractivity contribution in [3.8, 4) is 0 Å². The minimum absolute atomic E-state index is 0.103. The van der Waals surface area contributed by atoms with Gasteiger partial charge in [0.2, 0.25) is 0 Å². The van der Waals surface area contributed by atoms with E-state index in [2.05, 4.69) is 55.4 Å². The summed E-state index contributed by atoms with van der Waals surface area (Å²) in [7, 11) is -9.91. The molecule has 0 rings (SSSR count). The molecule has 0 heterocycles. The Kier molecular flexibility index (Phi) is 61.3. The first-order valence-electron chi connectivity index (χ1n) is 37.7. The normalized spacial score (nSPS) is 14.5. The molecule has 6 atom stereocenters.